The van der Waals surface area contributed by atoms with Crippen molar-refractivity contribution < 1.29 is 9.53 Å². The summed E-state index contributed by atoms with van der Waals surface area (Å²) in [7, 11) is 0. The van der Waals surface area contributed by atoms with Gasteiger partial charge in [-0.3, -0.25) is 4.79 Å². The van der Waals surface area contributed by atoms with Gasteiger partial charge in [0.15, 0.2) is 0 Å². The van der Waals surface area contributed by atoms with Gasteiger partial charge in [0.25, 0.3) is 0 Å². The van der Waals surface area contributed by atoms with Crippen LogP contribution in [0.3, 0.4) is 0 Å². The molecule has 1 saturated heterocycles. The monoisotopic (exact) mass is 240 g/mol. The Kier molecular flexibility index (Phi) is 4.80. The summed E-state index contributed by atoms with van der Waals surface area (Å²) >= 11 is 0. The van der Waals surface area contributed by atoms with E-state index in [9.17, 15) is 4.79 Å². The van der Waals surface area contributed by atoms with Crippen molar-refractivity contribution in [3.05, 3.63) is 0 Å². The molecule has 2 fully saturated rings. The molecule has 1 amide bonds. The molecule has 2 aliphatic rings. The molecule has 0 aromatic rings. The van der Waals surface area contributed by atoms with Gasteiger partial charge >= 0.3 is 0 Å². The molecule has 0 unspecified atom stereocenters. The minimum atomic E-state index is 0.188. The van der Waals surface area contributed by atoms with E-state index >= 15 is 0 Å². The lowest BCUT2D eigenvalue weighted by molar-refractivity contribution is -0.139. The fourth-order valence-corrected chi connectivity index (χ4v) is 2.37. The Labute approximate surface area is 104 Å². The standard InChI is InChI=1S/C13H24N2O2/c1-2-9-15(11-3-4-11)13(16)10-17-12-5-7-14-8-6-12/h11-12,14H,2-10H2,1H3. The van der Waals surface area contributed by atoms with Crippen LogP contribution < -0.4 is 5.32 Å². The van der Waals surface area contributed by atoms with Gasteiger partial charge in [0.05, 0.1) is 6.10 Å². The van der Waals surface area contributed by atoms with Gasteiger partial charge in [0.2, 0.25) is 5.91 Å². The van der Waals surface area contributed by atoms with Gasteiger partial charge in [0, 0.05) is 12.6 Å². The van der Waals surface area contributed by atoms with Crippen molar-refractivity contribution in [1.82, 2.24) is 10.2 Å². The molecular weight excluding hydrogens is 216 g/mol. The molecule has 0 bridgehead atoms. The number of carbonyl (C=O) groups excluding carboxylic acids is 1. The zero-order chi connectivity index (χ0) is 12.1. The van der Waals surface area contributed by atoms with E-state index in [1.54, 1.807) is 0 Å². The molecule has 0 aromatic heterocycles. The Balaban J connectivity index is 1.70. The maximum atomic E-state index is 12.0. The van der Waals surface area contributed by atoms with Crippen LogP contribution in [0, 0.1) is 0 Å². The van der Waals surface area contributed by atoms with Crippen LogP contribution in [0.5, 0.6) is 0 Å². The summed E-state index contributed by atoms with van der Waals surface area (Å²) in [5, 5.41) is 3.30. The van der Waals surface area contributed by atoms with Crippen LogP contribution >= 0.6 is 0 Å². The highest BCUT2D eigenvalue weighted by molar-refractivity contribution is 5.78. The highest BCUT2D eigenvalue weighted by Crippen LogP contribution is 2.27. The highest BCUT2D eigenvalue weighted by atomic mass is 16.5. The average molecular weight is 240 g/mol. The predicted molar refractivity (Wildman–Crippen MR) is 66.9 cm³/mol. The number of amides is 1. The number of hydrogen-bond donors (Lipinski definition) is 1. The molecule has 0 spiro atoms. The molecule has 1 saturated carbocycles. The Hall–Kier alpha value is -0.610. The van der Waals surface area contributed by atoms with Crippen LogP contribution in [-0.2, 0) is 9.53 Å². The first kappa shape index (κ1) is 12.8. The lowest BCUT2D eigenvalue weighted by atomic mass is 10.1. The Morgan fingerprint density at radius 1 is 1.29 bits per heavy atom. The van der Waals surface area contributed by atoms with E-state index in [1.165, 1.54) is 12.8 Å². The molecule has 4 heteroatoms. The van der Waals surface area contributed by atoms with Crippen molar-refractivity contribution in [3.63, 3.8) is 0 Å². The lowest BCUT2D eigenvalue weighted by Gasteiger charge is -2.26. The summed E-state index contributed by atoms with van der Waals surface area (Å²) in [4.78, 5) is 14.1. The van der Waals surface area contributed by atoms with E-state index < -0.39 is 0 Å². The fourth-order valence-electron chi connectivity index (χ4n) is 2.37. The number of carbonyl (C=O) groups is 1. The second-order valence-electron chi connectivity index (χ2n) is 5.08. The summed E-state index contributed by atoms with van der Waals surface area (Å²) < 4.78 is 5.72. The van der Waals surface area contributed by atoms with Crippen molar-refractivity contribution in [2.75, 3.05) is 26.2 Å². The lowest BCUT2D eigenvalue weighted by Crippen LogP contribution is -2.39. The number of nitrogens with zero attached hydrogens (tertiary/aromatic N) is 1. The third kappa shape index (κ3) is 3.96. The van der Waals surface area contributed by atoms with Crippen molar-refractivity contribution in [3.8, 4) is 0 Å². The second-order valence-corrected chi connectivity index (χ2v) is 5.08. The number of ether oxygens (including phenoxy) is 1. The zero-order valence-electron chi connectivity index (χ0n) is 10.8. The topological polar surface area (TPSA) is 41.6 Å². The van der Waals surface area contributed by atoms with Gasteiger partial charge in [-0.2, -0.15) is 0 Å². The first-order chi connectivity index (χ1) is 8.31. The molecule has 17 heavy (non-hydrogen) atoms. The normalized spacial score (nSPS) is 21.5. The van der Waals surface area contributed by atoms with Gasteiger partial charge in [-0.15, -0.1) is 0 Å². The highest BCUT2D eigenvalue weighted by Gasteiger charge is 2.32. The van der Waals surface area contributed by atoms with Crippen LogP contribution in [0.1, 0.15) is 39.0 Å². The van der Waals surface area contributed by atoms with Crippen LogP contribution in [-0.4, -0.2) is 49.2 Å². The molecule has 0 radical (unpaired) electrons. The number of nitrogens with one attached hydrogen (secondary N) is 1. The van der Waals surface area contributed by atoms with Crippen molar-refractivity contribution in [2.24, 2.45) is 0 Å². The number of rotatable bonds is 6. The first-order valence-electron chi connectivity index (χ1n) is 6.93. The Morgan fingerprint density at radius 2 is 2.00 bits per heavy atom. The smallest absolute Gasteiger partial charge is 0.248 e. The first-order valence-corrected chi connectivity index (χ1v) is 6.93. The summed E-state index contributed by atoms with van der Waals surface area (Å²) in [6, 6.07) is 0.513. The second kappa shape index (κ2) is 6.36. The van der Waals surface area contributed by atoms with Crippen LogP contribution in [0.4, 0.5) is 0 Å². The maximum absolute atomic E-state index is 12.0. The molecule has 2 rings (SSSR count). The van der Waals surface area contributed by atoms with Crippen LogP contribution in [0.2, 0.25) is 0 Å². The van der Waals surface area contributed by atoms with E-state index in [0.717, 1.165) is 38.9 Å². The summed E-state index contributed by atoms with van der Waals surface area (Å²) in [6.07, 6.45) is 5.74. The van der Waals surface area contributed by atoms with E-state index in [1.807, 2.05) is 4.90 Å². The zero-order valence-corrected chi connectivity index (χ0v) is 10.8. The van der Waals surface area contributed by atoms with Gasteiger partial charge in [-0.25, -0.2) is 0 Å². The van der Waals surface area contributed by atoms with E-state index in [4.69, 9.17) is 4.74 Å². The molecule has 0 atom stereocenters. The molecule has 4 nitrogen and oxygen atoms in total. The maximum Gasteiger partial charge on any atom is 0.248 e. The molecular formula is C13H24N2O2. The molecule has 1 N–H and O–H groups in total. The summed E-state index contributed by atoms with van der Waals surface area (Å²) in [6.45, 7) is 5.32. The quantitative estimate of drug-likeness (QED) is 0.757. The van der Waals surface area contributed by atoms with Gasteiger partial charge < -0.3 is 15.0 Å². The van der Waals surface area contributed by atoms with Gasteiger partial charge in [-0.05, 0) is 45.2 Å². The summed E-state index contributed by atoms with van der Waals surface area (Å²) in [5.74, 6) is 0.188. The minimum absolute atomic E-state index is 0.188. The molecule has 1 heterocycles. The Morgan fingerprint density at radius 3 is 2.59 bits per heavy atom. The molecule has 98 valence electrons. The molecule has 1 aliphatic carbocycles. The minimum Gasteiger partial charge on any atom is -0.368 e. The van der Waals surface area contributed by atoms with Gasteiger partial charge in [0.1, 0.15) is 6.61 Å². The van der Waals surface area contributed by atoms with E-state index in [-0.39, 0.29) is 18.6 Å². The average Bonchev–Trinajstić information content (AvgIpc) is 3.18. The fraction of sp³-hybridized carbons (Fsp3) is 0.923. The third-order valence-electron chi connectivity index (χ3n) is 3.50. The Bertz CT molecular complexity index is 248. The van der Waals surface area contributed by atoms with Crippen LogP contribution in [0.15, 0.2) is 0 Å². The van der Waals surface area contributed by atoms with Crippen molar-refractivity contribution in [2.45, 2.75) is 51.2 Å². The van der Waals surface area contributed by atoms with Crippen LogP contribution in [0.25, 0.3) is 0 Å². The van der Waals surface area contributed by atoms with Gasteiger partial charge in [-0.1, -0.05) is 6.92 Å². The molecule has 1 aliphatic heterocycles. The third-order valence-corrected chi connectivity index (χ3v) is 3.50. The number of piperidine rings is 1. The van der Waals surface area contributed by atoms with E-state index in [2.05, 4.69) is 12.2 Å². The predicted octanol–water partition coefficient (Wildman–Crippen LogP) is 1.16. The number of hydrogen-bond acceptors (Lipinski definition) is 3. The van der Waals surface area contributed by atoms with Crippen molar-refractivity contribution in [1.29, 1.82) is 0 Å². The summed E-state index contributed by atoms with van der Waals surface area (Å²) in [5.41, 5.74) is 0. The van der Waals surface area contributed by atoms with Crippen molar-refractivity contribution >= 4 is 5.91 Å². The molecule has 0 aromatic carbocycles. The largest absolute Gasteiger partial charge is 0.368 e. The van der Waals surface area contributed by atoms with E-state index in [0.29, 0.717) is 6.04 Å². The SMILES string of the molecule is CCCN(C(=O)COC1CCNCC1)C1CC1.